The van der Waals surface area contributed by atoms with Gasteiger partial charge in [-0.2, -0.15) is 0 Å². The van der Waals surface area contributed by atoms with Gasteiger partial charge < -0.3 is 10.1 Å². The number of rotatable bonds is 5. The van der Waals surface area contributed by atoms with E-state index in [1.54, 1.807) is 6.92 Å². The van der Waals surface area contributed by atoms with Crippen molar-refractivity contribution in [3.63, 3.8) is 0 Å². The highest BCUT2D eigenvalue weighted by Gasteiger charge is 2.14. The molecule has 0 atom stereocenters. The van der Waals surface area contributed by atoms with Crippen molar-refractivity contribution in [1.82, 2.24) is 10.2 Å². The van der Waals surface area contributed by atoms with Crippen LogP contribution in [0.5, 0.6) is 0 Å². The Morgan fingerprint density at radius 2 is 1.94 bits per heavy atom. The summed E-state index contributed by atoms with van der Waals surface area (Å²) in [4.78, 5) is 24.6. The Bertz CT molecular complexity index is 237. The molecule has 0 aromatic rings. The van der Waals surface area contributed by atoms with Crippen LogP contribution in [0.3, 0.4) is 0 Å². The first kappa shape index (κ1) is 13.0. The summed E-state index contributed by atoms with van der Waals surface area (Å²) in [7, 11) is 0. The molecule has 0 aromatic carbocycles. The maximum Gasteiger partial charge on any atom is 0.325 e. The van der Waals surface area contributed by atoms with Crippen molar-refractivity contribution in [2.45, 2.75) is 26.2 Å². The number of amides is 1. The Labute approximate surface area is 96.1 Å². The van der Waals surface area contributed by atoms with E-state index in [1.165, 1.54) is 6.42 Å². The monoisotopic (exact) mass is 228 g/mol. The molecular weight excluding hydrogens is 208 g/mol. The molecule has 1 aliphatic heterocycles. The zero-order valence-electron chi connectivity index (χ0n) is 9.83. The molecule has 0 unspecified atom stereocenters. The second kappa shape index (κ2) is 7.22. The number of likely N-dealkylation sites (tertiary alicyclic amines) is 1. The van der Waals surface area contributed by atoms with E-state index in [0.717, 1.165) is 25.9 Å². The average Bonchev–Trinajstić information content (AvgIpc) is 2.28. The zero-order valence-corrected chi connectivity index (χ0v) is 9.83. The van der Waals surface area contributed by atoms with Crippen molar-refractivity contribution in [2.75, 3.05) is 32.8 Å². The number of nitrogens with one attached hydrogen (secondary N) is 1. The summed E-state index contributed by atoms with van der Waals surface area (Å²) in [6.07, 6.45) is 3.57. The molecule has 0 spiro atoms. The maximum atomic E-state index is 11.5. The number of ether oxygens (including phenoxy) is 1. The van der Waals surface area contributed by atoms with Gasteiger partial charge in [-0.3, -0.25) is 14.5 Å². The third kappa shape index (κ3) is 5.11. The van der Waals surface area contributed by atoms with Crippen LogP contribution in [0.4, 0.5) is 0 Å². The highest BCUT2D eigenvalue weighted by atomic mass is 16.5. The third-order valence-electron chi connectivity index (χ3n) is 2.55. The molecule has 5 nitrogen and oxygen atoms in total. The number of nitrogens with zero attached hydrogens (tertiary/aromatic N) is 1. The van der Waals surface area contributed by atoms with Gasteiger partial charge in [0.05, 0.1) is 13.2 Å². The normalized spacial score (nSPS) is 16.8. The lowest BCUT2D eigenvalue weighted by molar-refractivity contribution is -0.143. The van der Waals surface area contributed by atoms with Crippen molar-refractivity contribution in [2.24, 2.45) is 0 Å². The van der Waals surface area contributed by atoms with Gasteiger partial charge in [-0.15, -0.1) is 0 Å². The van der Waals surface area contributed by atoms with Gasteiger partial charge in [0.25, 0.3) is 0 Å². The van der Waals surface area contributed by atoms with Gasteiger partial charge in [-0.05, 0) is 32.9 Å². The fourth-order valence-corrected chi connectivity index (χ4v) is 1.76. The molecule has 1 amide bonds. The Morgan fingerprint density at radius 3 is 2.56 bits per heavy atom. The minimum absolute atomic E-state index is 0.0273. The quantitative estimate of drug-likeness (QED) is 0.681. The Balaban J connectivity index is 2.12. The maximum absolute atomic E-state index is 11.5. The lowest BCUT2D eigenvalue weighted by Crippen LogP contribution is -2.41. The van der Waals surface area contributed by atoms with Crippen LogP contribution in [0.2, 0.25) is 0 Å². The molecule has 1 fully saturated rings. The van der Waals surface area contributed by atoms with Gasteiger partial charge in [-0.1, -0.05) is 6.42 Å². The standard InChI is InChI=1S/C11H20N2O3/c1-2-16-11(15)8-12-10(14)9-13-6-4-3-5-7-13/h2-9H2,1H3,(H,12,14). The number of piperidine rings is 1. The van der Waals surface area contributed by atoms with E-state index in [0.29, 0.717) is 13.2 Å². The number of esters is 1. The topological polar surface area (TPSA) is 58.6 Å². The summed E-state index contributed by atoms with van der Waals surface area (Å²) >= 11 is 0. The third-order valence-corrected chi connectivity index (χ3v) is 2.55. The number of hydrogen-bond acceptors (Lipinski definition) is 4. The van der Waals surface area contributed by atoms with Crippen LogP contribution in [-0.2, 0) is 14.3 Å². The van der Waals surface area contributed by atoms with E-state index in [-0.39, 0.29) is 18.4 Å². The molecule has 5 heteroatoms. The molecule has 1 aliphatic rings. The second-order valence-electron chi connectivity index (χ2n) is 3.92. The van der Waals surface area contributed by atoms with Gasteiger partial charge in [-0.25, -0.2) is 0 Å². The van der Waals surface area contributed by atoms with Gasteiger partial charge in [0.15, 0.2) is 0 Å². The summed E-state index contributed by atoms with van der Waals surface area (Å²) in [6.45, 7) is 4.41. The Kier molecular flexibility index (Phi) is 5.85. The minimum atomic E-state index is -0.380. The van der Waals surface area contributed by atoms with Crippen LogP contribution >= 0.6 is 0 Å². The highest BCUT2D eigenvalue weighted by molar-refractivity contribution is 5.83. The first-order valence-corrected chi connectivity index (χ1v) is 5.87. The van der Waals surface area contributed by atoms with Crippen LogP contribution < -0.4 is 5.32 Å². The summed E-state index contributed by atoms with van der Waals surface area (Å²) in [5.74, 6) is -0.482. The molecule has 0 saturated carbocycles. The molecule has 92 valence electrons. The number of hydrogen-bond donors (Lipinski definition) is 1. The predicted octanol–water partition coefficient (Wildman–Crippen LogP) is 0.152. The van der Waals surface area contributed by atoms with E-state index in [1.807, 2.05) is 0 Å². The summed E-state index contributed by atoms with van der Waals surface area (Å²) < 4.78 is 4.71. The van der Waals surface area contributed by atoms with Crippen LogP contribution in [0.15, 0.2) is 0 Å². The molecular formula is C11H20N2O3. The van der Waals surface area contributed by atoms with Crippen molar-refractivity contribution in [1.29, 1.82) is 0 Å². The van der Waals surface area contributed by atoms with Crippen molar-refractivity contribution < 1.29 is 14.3 Å². The number of carbonyl (C=O) groups is 2. The molecule has 1 rings (SSSR count). The molecule has 1 saturated heterocycles. The van der Waals surface area contributed by atoms with Crippen molar-refractivity contribution in [3.8, 4) is 0 Å². The van der Waals surface area contributed by atoms with E-state index >= 15 is 0 Å². The van der Waals surface area contributed by atoms with Crippen LogP contribution in [-0.4, -0.2) is 49.6 Å². The van der Waals surface area contributed by atoms with Crippen LogP contribution in [0.1, 0.15) is 26.2 Å². The predicted molar refractivity (Wildman–Crippen MR) is 59.9 cm³/mol. The summed E-state index contributed by atoms with van der Waals surface area (Å²) in [6, 6.07) is 0. The van der Waals surface area contributed by atoms with Crippen LogP contribution in [0, 0.1) is 0 Å². The fourth-order valence-electron chi connectivity index (χ4n) is 1.76. The van der Waals surface area contributed by atoms with E-state index < -0.39 is 0 Å². The van der Waals surface area contributed by atoms with E-state index in [9.17, 15) is 9.59 Å². The molecule has 0 bridgehead atoms. The lowest BCUT2D eigenvalue weighted by Gasteiger charge is -2.25. The molecule has 0 aliphatic carbocycles. The average molecular weight is 228 g/mol. The second-order valence-corrected chi connectivity index (χ2v) is 3.92. The molecule has 1 N–H and O–H groups in total. The van der Waals surface area contributed by atoms with Gasteiger partial charge >= 0.3 is 5.97 Å². The van der Waals surface area contributed by atoms with Gasteiger partial charge in [0, 0.05) is 0 Å². The van der Waals surface area contributed by atoms with Crippen molar-refractivity contribution in [3.05, 3.63) is 0 Å². The molecule has 0 radical (unpaired) electrons. The number of carbonyl (C=O) groups excluding carboxylic acids is 2. The van der Waals surface area contributed by atoms with E-state index in [4.69, 9.17) is 4.74 Å². The zero-order chi connectivity index (χ0) is 11.8. The molecule has 0 aromatic heterocycles. The Morgan fingerprint density at radius 1 is 1.25 bits per heavy atom. The van der Waals surface area contributed by atoms with Gasteiger partial charge in [0.1, 0.15) is 6.54 Å². The summed E-state index contributed by atoms with van der Waals surface area (Å²) in [5, 5.41) is 2.56. The van der Waals surface area contributed by atoms with Gasteiger partial charge in [0.2, 0.25) is 5.91 Å². The van der Waals surface area contributed by atoms with E-state index in [2.05, 4.69) is 10.2 Å². The fraction of sp³-hybridized carbons (Fsp3) is 0.818. The summed E-state index contributed by atoms with van der Waals surface area (Å²) in [5.41, 5.74) is 0. The first-order valence-electron chi connectivity index (χ1n) is 5.87. The lowest BCUT2D eigenvalue weighted by atomic mass is 10.1. The first-order chi connectivity index (χ1) is 7.72. The largest absolute Gasteiger partial charge is 0.465 e. The minimum Gasteiger partial charge on any atom is -0.465 e. The van der Waals surface area contributed by atoms with Crippen LogP contribution in [0.25, 0.3) is 0 Å². The molecule has 16 heavy (non-hydrogen) atoms. The Hall–Kier alpha value is -1.10. The molecule has 1 heterocycles. The highest BCUT2D eigenvalue weighted by Crippen LogP contribution is 2.07. The smallest absolute Gasteiger partial charge is 0.325 e. The SMILES string of the molecule is CCOC(=O)CNC(=O)CN1CCCCC1. The van der Waals surface area contributed by atoms with Crippen molar-refractivity contribution >= 4 is 11.9 Å².